The van der Waals surface area contributed by atoms with Crippen LogP contribution in [0.4, 0.5) is 0 Å². The Hall–Kier alpha value is -1.58. The molecular formula is C9H10N3O. The van der Waals surface area contributed by atoms with Gasteiger partial charge in [-0.3, -0.25) is 4.40 Å². The second-order valence-corrected chi connectivity index (χ2v) is 2.67. The topological polar surface area (TPSA) is 39.4 Å². The van der Waals surface area contributed by atoms with Gasteiger partial charge in [0.25, 0.3) is 0 Å². The molecule has 0 aromatic carbocycles. The first-order chi connectivity index (χ1) is 6.35. The van der Waals surface area contributed by atoms with Crippen LogP contribution in [0.3, 0.4) is 0 Å². The maximum Gasteiger partial charge on any atom is 0.218 e. The molecule has 2 aromatic rings. The summed E-state index contributed by atoms with van der Waals surface area (Å²) < 4.78 is 6.96. The lowest BCUT2D eigenvalue weighted by Crippen LogP contribution is -2.00. The molecule has 4 nitrogen and oxygen atoms in total. The SMILES string of the molecule is CCc1nc(OC)cc2n[c]cn12. The first-order valence-corrected chi connectivity index (χ1v) is 4.14. The van der Waals surface area contributed by atoms with Crippen LogP contribution in [0, 0.1) is 6.20 Å². The van der Waals surface area contributed by atoms with Gasteiger partial charge in [0.1, 0.15) is 17.7 Å². The van der Waals surface area contributed by atoms with E-state index in [9.17, 15) is 0 Å². The summed E-state index contributed by atoms with van der Waals surface area (Å²) >= 11 is 0. The van der Waals surface area contributed by atoms with E-state index in [0.717, 1.165) is 17.9 Å². The van der Waals surface area contributed by atoms with Gasteiger partial charge < -0.3 is 4.74 Å². The van der Waals surface area contributed by atoms with Gasteiger partial charge in [0.05, 0.1) is 7.11 Å². The van der Waals surface area contributed by atoms with Gasteiger partial charge in [-0.1, -0.05) is 6.92 Å². The highest BCUT2D eigenvalue weighted by atomic mass is 16.5. The Morgan fingerprint density at radius 2 is 2.46 bits per heavy atom. The van der Waals surface area contributed by atoms with Crippen molar-refractivity contribution < 1.29 is 4.74 Å². The van der Waals surface area contributed by atoms with Crippen LogP contribution < -0.4 is 4.74 Å². The first kappa shape index (κ1) is 8.04. The summed E-state index contributed by atoms with van der Waals surface area (Å²) in [5, 5.41) is 0. The zero-order valence-corrected chi connectivity index (χ0v) is 7.61. The van der Waals surface area contributed by atoms with Crippen LogP contribution in [0.15, 0.2) is 12.3 Å². The molecule has 1 radical (unpaired) electrons. The van der Waals surface area contributed by atoms with E-state index < -0.39 is 0 Å². The molecule has 2 aromatic heterocycles. The lowest BCUT2D eigenvalue weighted by Gasteiger charge is -2.04. The molecule has 4 heteroatoms. The van der Waals surface area contributed by atoms with Gasteiger partial charge in [0.2, 0.25) is 5.88 Å². The van der Waals surface area contributed by atoms with Crippen molar-refractivity contribution in [3.05, 3.63) is 24.3 Å². The van der Waals surface area contributed by atoms with Crippen molar-refractivity contribution in [1.29, 1.82) is 0 Å². The number of rotatable bonds is 2. The molecule has 2 heterocycles. The Balaban J connectivity index is 2.70. The summed E-state index contributed by atoms with van der Waals surface area (Å²) in [6.07, 6.45) is 5.40. The predicted octanol–water partition coefficient (Wildman–Crippen LogP) is 1.10. The molecule has 0 spiro atoms. The van der Waals surface area contributed by atoms with Gasteiger partial charge in [-0.25, -0.2) is 4.98 Å². The van der Waals surface area contributed by atoms with E-state index in [4.69, 9.17) is 4.74 Å². The molecule has 0 aliphatic rings. The van der Waals surface area contributed by atoms with Crippen LogP contribution >= 0.6 is 0 Å². The second kappa shape index (κ2) is 3.05. The number of aromatic nitrogens is 3. The van der Waals surface area contributed by atoms with E-state index in [-0.39, 0.29) is 0 Å². The molecule has 0 saturated heterocycles. The quantitative estimate of drug-likeness (QED) is 0.687. The number of aryl methyl sites for hydroxylation is 1. The molecule has 0 amide bonds. The van der Waals surface area contributed by atoms with Crippen LogP contribution in [0.1, 0.15) is 12.7 Å². The summed E-state index contributed by atoms with van der Waals surface area (Å²) in [4.78, 5) is 8.34. The van der Waals surface area contributed by atoms with Crippen molar-refractivity contribution in [2.75, 3.05) is 7.11 Å². The van der Waals surface area contributed by atoms with Crippen molar-refractivity contribution in [3.8, 4) is 5.88 Å². The molecule has 2 rings (SSSR count). The number of ether oxygens (including phenoxy) is 1. The third-order valence-electron chi connectivity index (χ3n) is 1.91. The molecule has 0 unspecified atom stereocenters. The third kappa shape index (κ3) is 1.24. The fraction of sp³-hybridized carbons (Fsp3) is 0.333. The molecular weight excluding hydrogens is 166 g/mol. The van der Waals surface area contributed by atoms with E-state index in [1.165, 1.54) is 0 Å². The fourth-order valence-electron chi connectivity index (χ4n) is 1.26. The third-order valence-corrected chi connectivity index (χ3v) is 1.91. The lowest BCUT2D eigenvalue weighted by atomic mass is 10.4. The highest BCUT2D eigenvalue weighted by Gasteiger charge is 2.04. The molecule has 13 heavy (non-hydrogen) atoms. The molecule has 0 atom stereocenters. The molecule has 67 valence electrons. The van der Waals surface area contributed by atoms with Crippen LogP contribution in [-0.2, 0) is 6.42 Å². The van der Waals surface area contributed by atoms with Crippen molar-refractivity contribution >= 4 is 5.65 Å². The van der Waals surface area contributed by atoms with Crippen LogP contribution in [0.25, 0.3) is 5.65 Å². The first-order valence-electron chi connectivity index (χ1n) is 4.14. The number of hydrogen-bond acceptors (Lipinski definition) is 3. The predicted molar refractivity (Wildman–Crippen MR) is 47.8 cm³/mol. The summed E-state index contributed by atoms with van der Waals surface area (Å²) in [6.45, 7) is 2.04. The zero-order valence-electron chi connectivity index (χ0n) is 7.61. The van der Waals surface area contributed by atoms with Crippen LogP contribution in [-0.4, -0.2) is 21.5 Å². The largest absolute Gasteiger partial charge is 0.481 e. The number of hydrogen-bond donors (Lipinski definition) is 0. The number of nitrogens with zero attached hydrogens (tertiary/aromatic N) is 3. The smallest absolute Gasteiger partial charge is 0.218 e. The van der Waals surface area contributed by atoms with Crippen molar-refractivity contribution in [3.63, 3.8) is 0 Å². The van der Waals surface area contributed by atoms with Crippen molar-refractivity contribution in [2.24, 2.45) is 0 Å². The normalized spacial score (nSPS) is 10.6. The molecule has 0 fully saturated rings. The Morgan fingerprint density at radius 1 is 1.62 bits per heavy atom. The van der Waals surface area contributed by atoms with Gasteiger partial charge in [-0.2, -0.15) is 4.98 Å². The van der Waals surface area contributed by atoms with Crippen LogP contribution in [0.5, 0.6) is 5.88 Å². The number of methoxy groups -OCH3 is 1. The fourth-order valence-corrected chi connectivity index (χ4v) is 1.26. The van der Waals surface area contributed by atoms with Gasteiger partial charge in [-0.15, -0.1) is 0 Å². The average Bonchev–Trinajstić information content (AvgIpc) is 2.63. The monoisotopic (exact) mass is 176 g/mol. The number of fused-ring (bicyclic) bond motifs is 1. The van der Waals surface area contributed by atoms with Gasteiger partial charge in [0, 0.05) is 18.7 Å². The number of imidazole rings is 1. The van der Waals surface area contributed by atoms with E-state index in [1.807, 2.05) is 11.3 Å². The summed E-state index contributed by atoms with van der Waals surface area (Å²) in [6, 6.07) is 1.79. The maximum absolute atomic E-state index is 5.06. The molecule has 0 N–H and O–H groups in total. The van der Waals surface area contributed by atoms with E-state index in [0.29, 0.717) is 5.88 Å². The standard InChI is InChI=1S/C9H10N3O/c1-3-7-11-9(13-2)6-8-10-4-5-12(7)8/h5-6H,3H2,1-2H3. The summed E-state index contributed by atoms with van der Waals surface area (Å²) in [5.41, 5.74) is 0.823. The minimum atomic E-state index is 0.601. The Morgan fingerprint density at radius 3 is 3.15 bits per heavy atom. The Labute approximate surface area is 76.2 Å². The van der Waals surface area contributed by atoms with Gasteiger partial charge in [0.15, 0.2) is 0 Å². The minimum absolute atomic E-state index is 0.601. The Bertz CT molecular complexity index is 422. The molecule has 0 aliphatic carbocycles. The highest BCUT2D eigenvalue weighted by Crippen LogP contribution is 2.12. The Kier molecular flexibility index (Phi) is 1.88. The van der Waals surface area contributed by atoms with E-state index in [1.54, 1.807) is 19.4 Å². The van der Waals surface area contributed by atoms with Crippen LogP contribution in [0.2, 0.25) is 0 Å². The lowest BCUT2D eigenvalue weighted by molar-refractivity contribution is 0.395. The van der Waals surface area contributed by atoms with Gasteiger partial charge >= 0.3 is 0 Å². The zero-order chi connectivity index (χ0) is 9.26. The molecule has 0 aliphatic heterocycles. The minimum Gasteiger partial charge on any atom is -0.481 e. The molecule has 0 saturated carbocycles. The maximum atomic E-state index is 5.06. The van der Waals surface area contributed by atoms with Crippen molar-refractivity contribution in [1.82, 2.24) is 14.4 Å². The highest BCUT2D eigenvalue weighted by molar-refractivity contribution is 5.42. The molecule has 0 bridgehead atoms. The second-order valence-electron chi connectivity index (χ2n) is 2.67. The van der Waals surface area contributed by atoms with E-state index >= 15 is 0 Å². The summed E-state index contributed by atoms with van der Waals surface area (Å²) in [5.74, 6) is 1.53. The summed E-state index contributed by atoms with van der Waals surface area (Å²) in [7, 11) is 1.60. The van der Waals surface area contributed by atoms with E-state index in [2.05, 4.69) is 16.2 Å². The van der Waals surface area contributed by atoms with Gasteiger partial charge in [-0.05, 0) is 0 Å². The van der Waals surface area contributed by atoms with Crippen molar-refractivity contribution in [2.45, 2.75) is 13.3 Å². The average molecular weight is 176 g/mol.